The van der Waals surface area contributed by atoms with Crippen molar-refractivity contribution in [2.24, 2.45) is 0 Å². The molecule has 2 unspecified atom stereocenters. The first-order valence-corrected chi connectivity index (χ1v) is 10.8. The number of anilines is 3. The van der Waals surface area contributed by atoms with Crippen molar-refractivity contribution in [2.75, 3.05) is 28.2 Å². The minimum atomic E-state index is 0.156. The van der Waals surface area contributed by atoms with Crippen molar-refractivity contribution >= 4 is 17.1 Å². The van der Waals surface area contributed by atoms with Gasteiger partial charge in [-0.1, -0.05) is 54.6 Å². The van der Waals surface area contributed by atoms with Crippen LogP contribution in [-0.4, -0.2) is 18.0 Å². The Labute approximate surface area is 171 Å². The molecule has 0 spiro atoms. The number of fused-ring (bicyclic) bond motifs is 5. The summed E-state index contributed by atoms with van der Waals surface area (Å²) < 4.78 is 0. The molecule has 4 aliphatic rings. The topological polar surface area (TPSA) is 21.8 Å². The van der Waals surface area contributed by atoms with Crippen molar-refractivity contribution in [3.63, 3.8) is 0 Å². The Kier molecular flexibility index (Phi) is 3.16. The van der Waals surface area contributed by atoms with Crippen LogP contribution in [0.2, 0.25) is 0 Å². The fourth-order valence-electron chi connectivity index (χ4n) is 5.94. The second-order valence-corrected chi connectivity index (χ2v) is 8.56. The van der Waals surface area contributed by atoms with Crippen LogP contribution in [0.1, 0.15) is 48.0 Å². The average molecular weight is 380 g/mol. The van der Waals surface area contributed by atoms with Crippen LogP contribution in [0, 0.1) is 0 Å². The fourth-order valence-corrected chi connectivity index (χ4v) is 5.94. The Bertz CT molecular complexity index is 1100. The summed E-state index contributed by atoms with van der Waals surface area (Å²) in [6, 6.07) is 26.9. The van der Waals surface area contributed by atoms with E-state index < -0.39 is 0 Å². The van der Waals surface area contributed by atoms with E-state index in [2.05, 4.69) is 92.8 Å². The van der Waals surface area contributed by atoms with Crippen LogP contribution in [-0.2, 0) is 0 Å². The third-order valence-electron chi connectivity index (χ3n) is 7.09. The van der Waals surface area contributed by atoms with Gasteiger partial charge in [0.1, 0.15) is 18.5 Å². The van der Waals surface area contributed by atoms with E-state index in [1.54, 1.807) is 0 Å². The number of nitrogens with one attached hydrogen (secondary N) is 1. The van der Waals surface area contributed by atoms with Crippen LogP contribution in [0.25, 0.3) is 0 Å². The summed E-state index contributed by atoms with van der Waals surface area (Å²) in [6.07, 6.45) is 3.24. The van der Waals surface area contributed by atoms with E-state index in [9.17, 15) is 0 Å². The van der Waals surface area contributed by atoms with Gasteiger partial charge in [-0.25, -0.2) is 0 Å². The molecule has 7 rings (SSSR count). The lowest BCUT2D eigenvalue weighted by molar-refractivity contribution is 0.205. The van der Waals surface area contributed by atoms with E-state index in [4.69, 9.17) is 0 Å². The van der Waals surface area contributed by atoms with Crippen LogP contribution in [0.5, 0.6) is 0 Å². The molecule has 1 N–H and O–H groups in total. The zero-order chi connectivity index (χ0) is 18.9. The third-order valence-corrected chi connectivity index (χ3v) is 7.09. The fraction of sp³-hybridized carbons (Fsp3) is 0.280. The second-order valence-electron chi connectivity index (χ2n) is 8.56. The lowest BCUT2D eigenvalue weighted by Crippen LogP contribution is -2.59. The van der Waals surface area contributed by atoms with Crippen molar-refractivity contribution in [3.8, 4) is 0 Å². The number of hydrogen-bond donors (Lipinski definition) is 1. The molecule has 0 radical (unpaired) electrons. The molecule has 3 aromatic carbocycles. The molecule has 4 aliphatic heterocycles. The largest absolute Gasteiger partial charge is 0.361 e. The highest BCUT2D eigenvalue weighted by Crippen LogP contribution is 2.59. The lowest BCUT2D eigenvalue weighted by Gasteiger charge is -2.61. The van der Waals surface area contributed by atoms with Gasteiger partial charge in [-0.15, -0.1) is 0 Å². The third kappa shape index (κ3) is 2.02. The van der Waals surface area contributed by atoms with Gasteiger partial charge in [0.25, 0.3) is 0 Å². The molecule has 1 fully saturated rings. The van der Waals surface area contributed by atoms with Gasteiger partial charge in [0.15, 0.2) is 0 Å². The number of likely N-dealkylation sites (tertiary alicyclic amines) is 1. The smallest absolute Gasteiger partial charge is 0.134 e. The molecule has 0 saturated carbocycles. The first kappa shape index (κ1) is 15.9. The number of benzene rings is 3. The van der Waals surface area contributed by atoms with Crippen molar-refractivity contribution in [1.29, 1.82) is 0 Å². The van der Waals surface area contributed by atoms with Crippen molar-refractivity contribution < 1.29 is 0 Å². The van der Waals surface area contributed by atoms with E-state index in [0.717, 1.165) is 0 Å². The summed E-state index contributed by atoms with van der Waals surface area (Å²) in [7, 11) is 0. The molecule has 4 heterocycles. The normalized spacial score (nSPS) is 26.4. The van der Waals surface area contributed by atoms with Gasteiger partial charge < -0.3 is 15.1 Å². The van der Waals surface area contributed by atoms with Crippen molar-refractivity contribution in [2.45, 2.75) is 31.3 Å². The summed E-state index contributed by atoms with van der Waals surface area (Å²) in [5.41, 5.74) is 8.18. The summed E-state index contributed by atoms with van der Waals surface area (Å²) in [4.78, 5) is 7.99. The lowest BCUT2D eigenvalue weighted by atomic mass is 9.88. The van der Waals surface area contributed by atoms with Crippen LogP contribution < -0.4 is 15.1 Å². The van der Waals surface area contributed by atoms with Gasteiger partial charge in [0.2, 0.25) is 0 Å². The van der Waals surface area contributed by atoms with Crippen LogP contribution >= 0.6 is 0 Å². The average Bonchev–Trinajstić information content (AvgIpc) is 3.31. The first-order chi connectivity index (χ1) is 14.4. The van der Waals surface area contributed by atoms with E-state index >= 15 is 0 Å². The molecular formula is C25H24N4. The molecule has 4 bridgehead atoms. The van der Waals surface area contributed by atoms with E-state index in [1.807, 2.05) is 0 Å². The molecule has 0 aliphatic carbocycles. The standard InChI is InChI=1S/C25H24N4/c1-4-12-20-17(9-1)25-28-22-14-6-3-11-19(22)24(27-15-7-8-16-27)29(25)21-13-5-2-10-18(21)23(28)26-20/h1-6,9-14,23-26H,7-8,15-16H2/t23-,24?,25?/m0/s1. The highest BCUT2D eigenvalue weighted by molar-refractivity contribution is 5.78. The maximum absolute atomic E-state index is 3.85. The van der Waals surface area contributed by atoms with E-state index in [0.29, 0.717) is 0 Å². The van der Waals surface area contributed by atoms with Gasteiger partial charge in [-0.3, -0.25) is 4.90 Å². The van der Waals surface area contributed by atoms with Gasteiger partial charge >= 0.3 is 0 Å². The van der Waals surface area contributed by atoms with Gasteiger partial charge in [-0.2, -0.15) is 0 Å². The summed E-state index contributed by atoms with van der Waals surface area (Å²) in [5, 5.41) is 3.85. The van der Waals surface area contributed by atoms with Gasteiger partial charge in [0.05, 0.1) is 0 Å². The molecular weight excluding hydrogens is 356 g/mol. The molecule has 1 saturated heterocycles. The second kappa shape index (κ2) is 5.77. The minimum Gasteiger partial charge on any atom is -0.361 e. The van der Waals surface area contributed by atoms with E-state index in [-0.39, 0.29) is 18.5 Å². The van der Waals surface area contributed by atoms with Crippen LogP contribution in [0.15, 0.2) is 72.8 Å². The molecule has 4 nitrogen and oxygen atoms in total. The quantitative estimate of drug-likeness (QED) is 0.623. The summed E-state index contributed by atoms with van der Waals surface area (Å²) >= 11 is 0. The highest BCUT2D eigenvalue weighted by Gasteiger charge is 2.52. The Morgan fingerprint density at radius 2 is 1.24 bits per heavy atom. The molecule has 144 valence electrons. The Hall–Kier alpha value is -2.98. The molecule has 4 heteroatoms. The van der Waals surface area contributed by atoms with Crippen LogP contribution in [0.3, 0.4) is 0 Å². The zero-order valence-electron chi connectivity index (χ0n) is 16.3. The van der Waals surface area contributed by atoms with E-state index in [1.165, 1.54) is 59.7 Å². The molecule has 0 aromatic heterocycles. The summed E-state index contributed by atoms with van der Waals surface area (Å²) in [6.45, 7) is 2.35. The molecule has 3 atom stereocenters. The molecule has 0 amide bonds. The maximum atomic E-state index is 3.85. The Balaban J connectivity index is 1.55. The number of hydrogen-bond acceptors (Lipinski definition) is 4. The van der Waals surface area contributed by atoms with Crippen LogP contribution in [0.4, 0.5) is 17.1 Å². The van der Waals surface area contributed by atoms with Gasteiger partial charge in [0, 0.05) is 46.8 Å². The zero-order valence-corrected chi connectivity index (χ0v) is 16.3. The Morgan fingerprint density at radius 3 is 2.03 bits per heavy atom. The maximum Gasteiger partial charge on any atom is 0.134 e. The monoisotopic (exact) mass is 380 g/mol. The van der Waals surface area contributed by atoms with Gasteiger partial charge in [-0.05, 0) is 31.0 Å². The first-order valence-electron chi connectivity index (χ1n) is 10.8. The predicted molar refractivity (Wildman–Crippen MR) is 117 cm³/mol. The number of para-hydroxylation sites is 3. The SMILES string of the molecule is c1ccc2c(c1)N[C@@H]1c3ccccc3N3C(N4CCCC4)c4ccccc4N1C23. The minimum absolute atomic E-state index is 0.156. The number of nitrogens with zero attached hydrogens (tertiary/aromatic N) is 3. The van der Waals surface area contributed by atoms with Crippen molar-refractivity contribution in [1.82, 2.24) is 4.90 Å². The molecule has 3 aromatic rings. The highest BCUT2D eigenvalue weighted by atomic mass is 15.5. The Morgan fingerprint density at radius 1 is 0.621 bits per heavy atom. The summed E-state index contributed by atoms with van der Waals surface area (Å²) in [5.74, 6) is 0. The predicted octanol–water partition coefficient (Wildman–Crippen LogP) is 5.24. The molecule has 29 heavy (non-hydrogen) atoms. The van der Waals surface area contributed by atoms with Crippen molar-refractivity contribution in [3.05, 3.63) is 89.5 Å². The number of rotatable bonds is 1.